The molecule has 0 spiro atoms. The Morgan fingerprint density at radius 2 is 1.78 bits per heavy atom. The molecule has 3 aromatic heterocycles. The molecule has 0 fully saturated rings. The highest BCUT2D eigenvalue weighted by atomic mass is 32.1. The molecule has 4 N–H and O–H groups in total. The van der Waals surface area contributed by atoms with Gasteiger partial charge in [0.25, 0.3) is 0 Å². The summed E-state index contributed by atoms with van der Waals surface area (Å²) in [5.74, 6) is -0.453. The maximum atomic E-state index is 12.6. The van der Waals surface area contributed by atoms with Gasteiger partial charge in [-0.25, -0.2) is 9.48 Å². The van der Waals surface area contributed by atoms with Crippen LogP contribution in [0.2, 0.25) is 0 Å². The zero-order valence-electron chi connectivity index (χ0n) is 20.0. The Morgan fingerprint density at radius 1 is 1.08 bits per heavy atom. The number of hydrogen-bond acceptors (Lipinski definition) is 8. The summed E-state index contributed by atoms with van der Waals surface area (Å²) in [4.78, 5) is 25.5. The SMILES string of the molecule is C[C@@H](OC(=O)Nc1c(-c2cc3sc(-c4ccc(CC(=O)O)cc4N)cc3s2)nnn1C)c1ccccc1. The van der Waals surface area contributed by atoms with Crippen LogP contribution in [0.25, 0.3) is 30.4 Å². The summed E-state index contributed by atoms with van der Waals surface area (Å²) in [6.07, 6.45) is -1.08. The first kappa shape index (κ1) is 24.5. The molecule has 1 atom stereocenters. The Bertz CT molecular complexity index is 1570. The number of carboxylic acid groups (broad SMARTS) is 1. The first-order valence-corrected chi connectivity index (χ1v) is 13.0. The number of carbonyl (C=O) groups is 2. The van der Waals surface area contributed by atoms with E-state index in [9.17, 15) is 9.59 Å². The second kappa shape index (κ2) is 10.0. The van der Waals surface area contributed by atoms with Crippen LogP contribution in [0.1, 0.15) is 24.2 Å². The summed E-state index contributed by atoms with van der Waals surface area (Å²) < 4.78 is 9.13. The minimum absolute atomic E-state index is 0.0689. The highest BCUT2D eigenvalue weighted by molar-refractivity contribution is 7.31. The van der Waals surface area contributed by atoms with Crippen molar-refractivity contribution in [1.82, 2.24) is 15.0 Å². The Labute approximate surface area is 220 Å². The minimum Gasteiger partial charge on any atom is -0.481 e. The maximum Gasteiger partial charge on any atom is 0.413 e. The van der Waals surface area contributed by atoms with Gasteiger partial charge in [-0.2, -0.15) is 0 Å². The molecule has 11 heteroatoms. The quantitative estimate of drug-likeness (QED) is 0.220. The van der Waals surface area contributed by atoms with Gasteiger partial charge in [-0.3, -0.25) is 10.1 Å². The summed E-state index contributed by atoms with van der Waals surface area (Å²) in [6, 6.07) is 18.9. The number of hydrogen-bond donors (Lipinski definition) is 3. The summed E-state index contributed by atoms with van der Waals surface area (Å²) in [7, 11) is 1.71. The van der Waals surface area contributed by atoms with Crippen LogP contribution in [-0.2, 0) is 23.0 Å². The number of ether oxygens (including phenoxy) is 1. The number of anilines is 2. The van der Waals surface area contributed by atoms with E-state index in [1.807, 2.05) is 49.4 Å². The third-order valence-electron chi connectivity index (χ3n) is 5.78. The van der Waals surface area contributed by atoms with E-state index in [0.29, 0.717) is 22.8 Å². The smallest absolute Gasteiger partial charge is 0.413 e. The number of carboxylic acids is 1. The molecular formula is C26H23N5O4S2. The first-order valence-electron chi connectivity index (χ1n) is 11.3. The highest BCUT2D eigenvalue weighted by Crippen LogP contribution is 2.43. The number of amides is 1. The number of nitrogens with zero attached hydrogens (tertiary/aromatic N) is 3. The van der Waals surface area contributed by atoms with Crippen LogP contribution in [0.15, 0.2) is 60.7 Å². The van der Waals surface area contributed by atoms with Crippen molar-refractivity contribution < 1.29 is 19.4 Å². The second-order valence-corrected chi connectivity index (χ2v) is 10.6. The third-order valence-corrected chi connectivity index (χ3v) is 8.11. The van der Waals surface area contributed by atoms with Crippen LogP contribution in [0.4, 0.5) is 16.3 Å². The molecule has 0 saturated heterocycles. The monoisotopic (exact) mass is 533 g/mol. The lowest BCUT2D eigenvalue weighted by Gasteiger charge is -2.14. The Kier molecular flexibility index (Phi) is 6.64. The van der Waals surface area contributed by atoms with Gasteiger partial charge in [0.15, 0.2) is 5.82 Å². The van der Waals surface area contributed by atoms with E-state index in [2.05, 4.69) is 21.7 Å². The molecule has 0 unspecified atom stereocenters. The van der Waals surface area contributed by atoms with Gasteiger partial charge in [-0.1, -0.05) is 47.7 Å². The molecule has 0 aliphatic heterocycles. The molecule has 5 aromatic rings. The molecule has 2 aromatic carbocycles. The lowest BCUT2D eigenvalue weighted by Crippen LogP contribution is -2.18. The predicted octanol–water partition coefficient (Wildman–Crippen LogP) is 5.94. The van der Waals surface area contributed by atoms with Crippen LogP contribution in [0.5, 0.6) is 0 Å². The molecule has 9 nitrogen and oxygen atoms in total. The van der Waals surface area contributed by atoms with Gasteiger partial charge in [0.1, 0.15) is 11.8 Å². The summed E-state index contributed by atoms with van der Waals surface area (Å²) in [6.45, 7) is 1.81. The number of nitrogen functional groups attached to an aromatic ring is 1. The largest absolute Gasteiger partial charge is 0.481 e. The second-order valence-electron chi connectivity index (χ2n) is 8.44. The lowest BCUT2D eigenvalue weighted by molar-refractivity contribution is -0.136. The van der Waals surface area contributed by atoms with Crippen molar-refractivity contribution in [3.05, 3.63) is 71.8 Å². The van der Waals surface area contributed by atoms with Gasteiger partial charge in [-0.15, -0.1) is 27.8 Å². The molecule has 0 radical (unpaired) electrons. The van der Waals surface area contributed by atoms with Crippen molar-refractivity contribution in [3.63, 3.8) is 0 Å². The number of fused-ring (bicyclic) bond motifs is 1. The van der Waals surface area contributed by atoms with E-state index in [1.165, 1.54) is 16.0 Å². The van der Waals surface area contributed by atoms with E-state index in [0.717, 1.165) is 30.3 Å². The zero-order chi connectivity index (χ0) is 26.1. The molecule has 188 valence electrons. The number of aliphatic carboxylic acids is 1. The molecule has 0 saturated carbocycles. The molecule has 0 bridgehead atoms. The molecule has 37 heavy (non-hydrogen) atoms. The van der Waals surface area contributed by atoms with Gasteiger partial charge in [0.05, 0.1) is 11.3 Å². The summed E-state index contributed by atoms with van der Waals surface area (Å²) >= 11 is 3.11. The molecular weight excluding hydrogens is 510 g/mol. The fraction of sp³-hybridized carbons (Fsp3) is 0.154. The van der Waals surface area contributed by atoms with Gasteiger partial charge >= 0.3 is 12.1 Å². The first-order chi connectivity index (χ1) is 17.8. The molecule has 3 heterocycles. The van der Waals surface area contributed by atoms with Crippen LogP contribution in [0.3, 0.4) is 0 Å². The normalized spacial score (nSPS) is 11.9. The standard InChI is InChI=1S/C26H23N5O4S2/c1-14(16-6-4-3-5-7-16)35-26(34)28-25-24(29-30-31(25)2)22-13-21-20(37-22)12-19(36-21)17-9-8-15(10-18(17)27)11-23(32)33/h3-10,12-14H,11,27H2,1-2H3,(H,28,34)(H,32,33)/t14-/m1/s1. The molecule has 0 aliphatic rings. The number of rotatable bonds is 7. The van der Waals surface area contributed by atoms with E-state index in [1.54, 1.807) is 30.5 Å². The zero-order valence-corrected chi connectivity index (χ0v) is 21.6. The van der Waals surface area contributed by atoms with Crippen molar-refractivity contribution in [2.45, 2.75) is 19.4 Å². The Balaban J connectivity index is 1.36. The van der Waals surface area contributed by atoms with Crippen LogP contribution >= 0.6 is 22.7 Å². The number of aryl methyl sites for hydroxylation is 1. The van der Waals surface area contributed by atoms with Crippen LogP contribution in [-0.4, -0.2) is 32.2 Å². The highest BCUT2D eigenvalue weighted by Gasteiger charge is 2.21. The van der Waals surface area contributed by atoms with Crippen LogP contribution < -0.4 is 11.1 Å². The minimum atomic E-state index is -0.895. The summed E-state index contributed by atoms with van der Waals surface area (Å²) in [5, 5.41) is 20.2. The topological polar surface area (TPSA) is 132 Å². The van der Waals surface area contributed by atoms with Gasteiger partial charge in [0, 0.05) is 32.6 Å². The van der Waals surface area contributed by atoms with Gasteiger partial charge in [0.2, 0.25) is 0 Å². The third kappa shape index (κ3) is 5.18. The Morgan fingerprint density at radius 3 is 2.49 bits per heavy atom. The average Bonchev–Trinajstić information content (AvgIpc) is 3.53. The van der Waals surface area contributed by atoms with Crippen LogP contribution in [0, 0.1) is 0 Å². The number of nitrogens with two attached hydrogens (primary N) is 1. The molecule has 5 rings (SSSR count). The van der Waals surface area contributed by atoms with E-state index in [-0.39, 0.29) is 6.42 Å². The van der Waals surface area contributed by atoms with Crippen molar-refractivity contribution in [3.8, 4) is 21.0 Å². The van der Waals surface area contributed by atoms with Crippen molar-refractivity contribution in [2.24, 2.45) is 7.05 Å². The van der Waals surface area contributed by atoms with E-state index >= 15 is 0 Å². The fourth-order valence-corrected chi connectivity index (χ4v) is 6.38. The number of benzene rings is 2. The van der Waals surface area contributed by atoms with Gasteiger partial charge in [-0.05, 0) is 36.2 Å². The maximum absolute atomic E-state index is 12.6. The van der Waals surface area contributed by atoms with E-state index in [4.69, 9.17) is 15.6 Å². The lowest BCUT2D eigenvalue weighted by atomic mass is 10.1. The number of carbonyl (C=O) groups excluding carboxylic acids is 1. The average molecular weight is 534 g/mol. The molecule has 0 aliphatic carbocycles. The number of thiophene rings is 2. The van der Waals surface area contributed by atoms with E-state index < -0.39 is 18.2 Å². The fourth-order valence-electron chi connectivity index (χ4n) is 3.95. The Hall–Kier alpha value is -4.22. The molecule has 1 amide bonds. The van der Waals surface area contributed by atoms with Crippen molar-refractivity contribution in [2.75, 3.05) is 11.1 Å². The van der Waals surface area contributed by atoms with Crippen molar-refractivity contribution >= 4 is 55.6 Å². The predicted molar refractivity (Wildman–Crippen MR) is 146 cm³/mol. The van der Waals surface area contributed by atoms with Gasteiger partial charge < -0.3 is 15.6 Å². The van der Waals surface area contributed by atoms with Crippen molar-refractivity contribution in [1.29, 1.82) is 0 Å². The summed E-state index contributed by atoms with van der Waals surface area (Å²) in [5.41, 5.74) is 9.74. The number of nitrogens with one attached hydrogen (secondary N) is 1. The number of aromatic nitrogens is 3.